The quantitative estimate of drug-likeness (QED) is 0.634. The predicted octanol–water partition coefficient (Wildman–Crippen LogP) is 0.906. The molecule has 2 N–H and O–H groups in total. The molecule has 1 aromatic heterocycles. The van der Waals surface area contributed by atoms with Gasteiger partial charge in [-0.25, -0.2) is 0 Å². The van der Waals surface area contributed by atoms with Crippen LogP contribution in [0.2, 0.25) is 0 Å². The molecule has 24 heavy (non-hydrogen) atoms. The van der Waals surface area contributed by atoms with Gasteiger partial charge in [0.15, 0.2) is 11.8 Å². The number of aromatic nitrogens is 3. The smallest absolute Gasteiger partial charge is 0.191 e. The summed E-state index contributed by atoms with van der Waals surface area (Å²) in [7, 11) is 1.84. The van der Waals surface area contributed by atoms with Crippen LogP contribution in [-0.4, -0.2) is 57.8 Å². The maximum Gasteiger partial charge on any atom is 0.191 e. The van der Waals surface area contributed by atoms with Crippen LogP contribution in [0.3, 0.4) is 0 Å². The van der Waals surface area contributed by atoms with E-state index in [1.807, 2.05) is 7.05 Å². The fourth-order valence-electron chi connectivity index (χ4n) is 4.40. The normalized spacial score (nSPS) is 25.4. The van der Waals surface area contributed by atoms with E-state index < -0.39 is 0 Å². The van der Waals surface area contributed by atoms with Gasteiger partial charge in [0.2, 0.25) is 0 Å². The molecule has 132 valence electrons. The number of nitrogens with zero attached hydrogens (tertiary/aromatic N) is 5. The minimum atomic E-state index is 0.501. The highest BCUT2D eigenvalue weighted by molar-refractivity contribution is 5.79. The Morgan fingerprint density at radius 3 is 2.88 bits per heavy atom. The van der Waals surface area contributed by atoms with Crippen LogP contribution >= 0.6 is 0 Å². The van der Waals surface area contributed by atoms with Crippen LogP contribution in [0.1, 0.15) is 50.2 Å². The zero-order valence-corrected chi connectivity index (χ0v) is 14.7. The summed E-state index contributed by atoms with van der Waals surface area (Å²) >= 11 is 0. The highest BCUT2D eigenvalue weighted by Crippen LogP contribution is 2.26. The number of hydrogen-bond acceptors (Lipinski definition) is 4. The summed E-state index contributed by atoms with van der Waals surface area (Å²) in [5.41, 5.74) is 0. The highest BCUT2D eigenvalue weighted by Gasteiger charge is 2.30. The maximum atomic E-state index is 4.39. The second-order valence-corrected chi connectivity index (χ2v) is 7.28. The first-order valence-electron chi connectivity index (χ1n) is 9.45. The number of aryl methyl sites for hydroxylation is 1. The number of fused-ring (bicyclic) bond motifs is 1. The van der Waals surface area contributed by atoms with Crippen molar-refractivity contribution in [2.24, 2.45) is 4.99 Å². The molecule has 1 saturated heterocycles. The molecule has 0 aromatic carbocycles. The van der Waals surface area contributed by atoms with Gasteiger partial charge in [-0.3, -0.25) is 9.89 Å². The summed E-state index contributed by atoms with van der Waals surface area (Å²) in [6.45, 7) is 4.10. The molecule has 0 spiro atoms. The number of likely N-dealkylation sites (tertiary alicyclic amines) is 1. The molecule has 1 aromatic rings. The Kier molecular flexibility index (Phi) is 4.69. The van der Waals surface area contributed by atoms with E-state index in [4.69, 9.17) is 0 Å². The standard InChI is InChI=1S/C17H29N7/c1-18-17(19-11-16-22-21-15-7-4-9-24(15)16)20-13-8-10-23(12-13)14-5-2-3-6-14/h13-14H,2-12H2,1H3,(H2,18,19,20). The van der Waals surface area contributed by atoms with E-state index in [2.05, 4.69) is 35.3 Å². The minimum Gasteiger partial charge on any atom is -0.352 e. The van der Waals surface area contributed by atoms with Gasteiger partial charge in [0.25, 0.3) is 0 Å². The third-order valence-electron chi connectivity index (χ3n) is 5.73. The summed E-state index contributed by atoms with van der Waals surface area (Å²) in [4.78, 5) is 7.06. The largest absolute Gasteiger partial charge is 0.352 e. The van der Waals surface area contributed by atoms with Gasteiger partial charge in [-0.15, -0.1) is 10.2 Å². The Morgan fingerprint density at radius 1 is 1.17 bits per heavy atom. The fraction of sp³-hybridized carbons (Fsp3) is 0.824. The predicted molar refractivity (Wildman–Crippen MR) is 93.9 cm³/mol. The molecule has 4 rings (SSSR count). The van der Waals surface area contributed by atoms with Crippen molar-refractivity contribution in [1.82, 2.24) is 30.3 Å². The van der Waals surface area contributed by atoms with Crippen molar-refractivity contribution in [3.8, 4) is 0 Å². The highest BCUT2D eigenvalue weighted by atomic mass is 15.3. The molecule has 2 aliphatic heterocycles. The zero-order chi connectivity index (χ0) is 16.4. The van der Waals surface area contributed by atoms with Crippen molar-refractivity contribution in [2.75, 3.05) is 20.1 Å². The molecule has 0 amide bonds. The molecule has 7 heteroatoms. The number of aliphatic imine (C=N–C) groups is 1. The SMILES string of the molecule is CN=C(NCc1nnc2n1CCC2)NC1CCN(C2CCCC2)C1. The number of hydrogen-bond donors (Lipinski definition) is 2. The third-order valence-corrected chi connectivity index (χ3v) is 5.73. The van der Waals surface area contributed by atoms with E-state index in [-0.39, 0.29) is 0 Å². The lowest BCUT2D eigenvalue weighted by Crippen LogP contribution is -2.45. The second kappa shape index (κ2) is 7.09. The summed E-state index contributed by atoms with van der Waals surface area (Å²) < 4.78 is 2.23. The van der Waals surface area contributed by atoms with Gasteiger partial charge in [0.05, 0.1) is 6.54 Å². The number of nitrogens with one attached hydrogen (secondary N) is 2. The Balaban J connectivity index is 1.27. The Labute approximate surface area is 143 Å². The minimum absolute atomic E-state index is 0.501. The van der Waals surface area contributed by atoms with Gasteiger partial charge in [-0.05, 0) is 25.7 Å². The molecule has 0 bridgehead atoms. The molecular formula is C17H29N7. The summed E-state index contributed by atoms with van der Waals surface area (Å²) in [5.74, 6) is 3.02. The van der Waals surface area contributed by atoms with Gasteiger partial charge >= 0.3 is 0 Å². The Bertz CT molecular complexity index is 588. The van der Waals surface area contributed by atoms with Crippen LogP contribution in [0.25, 0.3) is 0 Å². The first kappa shape index (κ1) is 15.9. The van der Waals surface area contributed by atoms with Crippen molar-refractivity contribution in [2.45, 2.75) is 70.1 Å². The fourth-order valence-corrected chi connectivity index (χ4v) is 4.40. The maximum absolute atomic E-state index is 4.39. The average molecular weight is 331 g/mol. The van der Waals surface area contributed by atoms with Gasteiger partial charge in [0.1, 0.15) is 5.82 Å². The second-order valence-electron chi connectivity index (χ2n) is 7.28. The van der Waals surface area contributed by atoms with Crippen molar-refractivity contribution in [1.29, 1.82) is 0 Å². The molecule has 1 saturated carbocycles. The average Bonchev–Trinajstić information content (AvgIpc) is 3.36. The molecule has 3 aliphatic rings. The molecule has 7 nitrogen and oxygen atoms in total. The summed E-state index contributed by atoms with van der Waals surface area (Å²) in [6, 6.07) is 1.33. The third kappa shape index (κ3) is 3.27. The van der Waals surface area contributed by atoms with Gasteiger partial charge < -0.3 is 15.2 Å². The van der Waals surface area contributed by atoms with E-state index in [1.54, 1.807) is 0 Å². The van der Waals surface area contributed by atoms with Crippen LogP contribution < -0.4 is 10.6 Å². The molecule has 1 aliphatic carbocycles. The molecule has 1 unspecified atom stereocenters. The first-order chi connectivity index (χ1) is 11.8. The molecule has 3 heterocycles. The number of rotatable bonds is 4. The lowest BCUT2D eigenvalue weighted by atomic mass is 10.2. The summed E-state index contributed by atoms with van der Waals surface area (Å²) in [6.07, 6.45) is 9.03. The van der Waals surface area contributed by atoms with Gasteiger partial charge in [-0.2, -0.15) is 0 Å². The van der Waals surface area contributed by atoms with Crippen LogP contribution in [-0.2, 0) is 19.5 Å². The van der Waals surface area contributed by atoms with E-state index in [1.165, 1.54) is 45.1 Å². The molecule has 0 radical (unpaired) electrons. The first-order valence-corrected chi connectivity index (χ1v) is 9.45. The molecular weight excluding hydrogens is 302 g/mol. The van der Waals surface area contributed by atoms with Crippen molar-refractivity contribution in [3.63, 3.8) is 0 Å². The number of guanidine groups is 1. The van der Waals surface area contributed by atoms with E-state index in [9.17, 15) is 0 Å². The topological polar surface area (TPSA) is 70.4 Å². The van der Waals surface area contributed by atoms with Gasteiger partial charge in [0, 0.05) is 45.2 Å². The van der Waals surface area contributed by atoms with E-state index >= 15 is 0 Å². The van der Waals surface area contributed by atoms with E-state index in [0.717, 1.165) is 43.2 Å². The summed E-state index contributed by atoms with van der Waals surface area (Å²) in [5, 5.41) is 15.6. The van der Waals surface area contributed by atoms with Gasteiger partial charge in [-0.1, -0.05) is 12.8 Å². The van der Waals surface area contributed by atoms with Crippen LogP contribution in [0.4, 0.5) is 0 Å². The molecule has 1 atom stereocenters. The van der Waals surface area contributed by atoms with Crippen LogP contribution in [0.15, 0.2) is 4.99 Å². The lowest BCUT2D eigenvalue weighted by molar-refractivity contribution is 0.242. The van der Waals surface area contributed by atoms with Crippen molar-refractivity contribution >= 4 is 5.96 Å². The zero-order valence-electron chi connectivity index (χ0n) is 14.7. The van der Waals surface area contributed by atoms with Crippen LogP contribution in [0.5, 0.6) is 0 Å². The van der Waals surface area contributed by atoms with Crippen molar-refractivity contribution < 1.29 is 0 Å². The lowest BCUT2D eigenvalue weighted by Gasteiger charge is -2.24. The Hall–Kier alpha value is -1.63. The van der Waals surface area contributed by atoms with Crippen molar-refractivity contribution in [3.05, 3.63) is 11.6 Å². The van der Waals surface area contributed by atoms with Crippen LogP contribution in [0, 0.1) is 0 Å². The van der Waals surface area contributed by atoms with E-state index in [0.29, 0.717) is 12.6 Å². The molecule has 2 fully saturated rings. The Morgan fingerprint density at radius 2 is 2.04 bits per heavy atom. The monoisotopic (exact) mass is 331 g/mol.